The zero-order valence-electron chi connectivity index (χ0n) is 10.4. The summed E-state index contributed by atoms with van der Waals surface area (Å²) in [6.07, 6.45) is -3.35. The zero-order valence-corrected chi connectivity index (χ0v) is 10.4. The lowest BCUT2D eigenvalue weighted by Crippen LogP contribution is -2.46. The maximum absolute atomic E-state index is 12.4. The van der Waals surface area contributed by atoms with Gasteiger partial charge in [-0.05, 0) is 34.1 Å². The molecule has 5 heteroatoms. The molecule has 0 radical (unpaired) electrons. The van der Waals surface area contributed by atoms with Crippen molar-refractivity contribution in [2.75, 3.05) is 13.1 Å². The van der Waals surface area contributed by atoms with Gasteiger partial charge < -0.3 is 5.32 Å². The van der Waals surface area contributed by atoms with Crippen molar-refractivity contribution < 1.29 is 13.2 Å². The summed E-state index contributed by atoms with van der Waals surface area (Å²) < 4.78 is 37.3. The Bertz CT molecular complexity index is 236. The molecule has 16 heavy (non-hydrogen) atoms. The van der Waals surface area contributed by atoms with E-state index in [-0.39, 0.29) is 17.6 Å². The minimum atomic E-state index is -4.11. The Morgan fingerprint density at radius 2 is 1.94 bits per heavy atom. The fourth-order valence-corrected chi connectivity index (χ4v) is 2.30. The first kappa shape index (κ1) is 13.8. The van der Waals surface area contributed by atoms with Crippen LogP contribution in [0.5, 0.6) is 0 Å². The molecule has 1 fully saturated rings. The lowest BCUT2D eigenvalue weighted by Gasteiger charge is -2.33. The number of hydrogen-bond acceptors (Lipinski definition) is 2. The number of rotatable bonds is 3. The van der Waals surface area contributed by atoms with Crippen LogP contribution in [0.3, 0.4) is 0 Å². The predicted molar refractivity (Wildman–Crippen MR) is 58.4 cm³/mol. The molecular formula is C11H21F3N2. The summed E-state index contributed by atoms with van der Waals surface area (Å²) in [6, 6.07) is -0.0982. The van der Waals surface area contributed by atoms with Gasteiger partial charge in [0.25, 0.3) is 0 Å². The molecule has 1 saturated heterocycles. The number of alkyl halides is 3. The summed E-state index contributed by atoms with van der Waals surface area (Å²) in [5, 5.41) is 3.26. The maximum Gasteiger partial charge on any atom is 0.401 e. The van der Waals surface area contributed by atoms with Crippen LogP contribution in [0.2, 0.25) is 0 Å². The van der Waals surface area contributed by atoms with Gasteiger partial charge in [-0.1, -0.05) is 0 Å². The topological polar surface area (TPSA) is 15.3 Å². The van der Waals surface area contributed by atoms with Crippen LogP contribution in [-0.2, 0) is 0 Å². The van der Waals surface area contributed by atoms with E-state index < -0.39 is 12.7 Å². The average molecular weight is 238 g/mol. The molecule has 0 aliphatic carbocycles. The van der Waals surface area contributed by atoms with Crippen molar-refractivity contribution in [2.24, 2.45) is 0 Å². The van der Waals surface area contributed by atoms with Gasteiger partial charge in [-0.15, -0.1) is 0 Å². The summed E-state index contributed by atoms with van der Waals surface area (Å²) in [4.78, 5) is 1.54. The number of hydrogen-bond donors (Lipinski definition) is 1. The van der Waals surface area contributed by atoms with E-state index in [0.717, 1.165) is 6.42 Å². The molecule has 1 N–H and O–H groups in total. The van der Waals surface area contributed by atoms with Crippen molar-refractivity contribution in [3.63, 3.8) is 0 Å². The Labute approximate surface area is 95.2 Å². The second-order valence-corrected chi connectivity index (χ2v) is 5.50. The molecule has 0 aromatic heterocycles. The predicted octanol–water partition coefficient (Wildman–Crippen LogP) is 2.40. The van der Waals surface area contributed by atoms with Crippen LogP contribution < -0.4 is 5.32 Å². The quantitative estimate of drug-likeness (QED) is 0.812. The molecule has 1 heterocycles. The zero-order chi connectivity index (χ0) is 12.6. The Balaban J connectivity index is 2.65. The van der Waals surface area contributed by atoms with Crippen LogP contribution in [0.25, 0.3) is 0 Å². The fourth-order valence-electron chi connectivity index (χ4n) is 2.30. The summed E-state index contributed by atoms with van der Waals surface area (Å²) in [6.45, 7) is 7.51. The van der Waals surface area contributed by atoms with E-state index >= 15 is 0 Å². The highest BCUT2D eigenvalue weighted by Gasteiger charge is 2.40. The molecule has 0 aromatic carbocycles. The molecule has 1 rings (SSSR count). The van der Waals surface area contributed by atoms with Crippen molar-refractivity contribution in [3.8, 4) is 0 Å². The van der Waals surface area contributed by atoms with Crippen molar-refractivity contribution in [1.82, 2.24) is 10.2 Å². The van der Waals surface area contributed by atoms with E-state index in [0.29, 0.717) is 6.54 Å². The van der Waals surface area contributed by atoms with E-state index in [4.69, 9.17) is 0 Å². The van der Waals surface area contributed by atoms with E-state index in [1.165, 1.54) is 0 Å². The van der Waals surface area contributed by atoms with Gasteiger partial charge in [-0.25, -0.2) is 0 Å². The van der Waals surface area contributed by atoms with Crippen LogP contribution in [0, 0.1) is 0 Å². The van der Waals surface area contributed by atoms with E-state index in [1.54, 1.807) is 4.90 Å². The number of nitrogens with one attached hydrogen (secondary N) is 1. The normalized spacial score (nSPS) is 25.7. The molecule has 96 valence electrons. The third-order valence-corrected chi connectivity index (χ3v) is 3.06. The summed E-state index contributed by atoms with van der Waals surface area (Å²) in [7, 11) is 0. The largest absolute Gasteiger partial charge is 0.401 e. The Kier molecular flexibility index (Phi) is 3.90. The van der Waals surface area contributed by atoms with E-state index in [9.17, 15) is 13.2 Å². The minimum absolute atomic E-state index is 0.0170. The highest BCUT2D eigenvalue weighted by Crippen LogP contribution is 2.27. The van der Waals surface area contributed by atoms with Crippen LogP contribution in [0.1, 0.15) is 34.1 Å². The molecule has 0 spiro atoms. The number of halogens is 3. The molecule has 1 atom stereocenters. The molecule has 0 aromatic rings. The molecule has 1 aliphatic rings. The highest BCUT2D eigenvalue weighted by atomic mass is 19.4. The second-order valence-electron chi connectivity index (χ2n) is 5.50. The summed E-state index contributed by atoms with van der Waals surface area (Å²) in [5.41, 5.74) is -0.0522. The van der Waals surface area contributed by atoms with Crippen LogP contribution in [-0.4, -0.2) is 41.8 Å². The van der Waals surface area contributed by atoms with Crippen LogP contribution in [0.15, 0.2) is 0 Å². The average Bonchev–Trinajstić information content (AvgIpc) is 2.39. The number of nitrogens with zero attached hydrogens (tertiary/aromatic N) is 1. The van der Waals surface area contributed by atoms with Gasteiger partial charge in [0.2, 0.25) is 0 Å². The van der Waals surface area contributed by atoms with Gasteiger partial charge >= 0.3 is 6.18 Å². The van der Waals surface area contributed by atoms with Crippen molar-refractivity contribution in [3.05, 3.63) is 0 Å². The fraction of sp³-hybridized carbons (Fsp3) is 1.00. The Hall–Kier alpha value is -0.290. The highest BCUT2D eigenvalue weighted by molar-refractivity contribution is 4.95. The van der Waals surface area contributed by atoms with Crippen LogP contribution >= 0.6 is 0 Å². The van der Waals surface area contributed by atoms with Crippen molar-refractivity contribution in [1.29, 1.82) is 0 Å². The first-order chi connectivity index (χ1) is 7.11. The summed E-state index contributed by atoms with van der Waals surface area (Å²) >= 11 is 0. The second kappa shape index (κ2) is 4.53. The maximum atomic E-state index is 12.4. The van der Waals surface area contributed by atoms with Gasteiger partial charge in [0, 0.05) is 24.2 Å². The first-order valence-electron chi connectivity index (χ1n) is 5.68. The SMILES string of the molecule is CC(C)N(CC(F)(F)F)C1CNC(C)(C)C1. The molecular weight excluding hydrogens is 217 g/mol. The molecule has 0 amide bonds. The lowest BCUT2D eigenvalue weighted by molar-refractivity contribution is -0.154. The van der Waals surface area contributed by atoms with Gasteiger partial charge in [0.15, 0.2) is 0 Å². The van der Waals surface area contributed by atoms with Crippen molar-refractivity contribution >= 4 is 0 Å². The molecule has 1 aliphatic heterocycles. The van der Waals surface area contributed by atoms with Crippen LogP contribution in [0.4, 0.5) is 13.2 Å². The molecule has 0 saturated carbocycles. The van der Waals surface area contributed by atoms with Gasteiger partial charge in [-0.2, -0.15) is 13.2 Å². The minimum Gasteiger partial charge on any atom is -0.310 e. The standard InChI is InChI=1S/C11H21F3N2/c1-8(2)16(7-11(12,13)14)9-5-10(3,4)15-6-9/h8-9,15H,5-7H2,1-4H3. The van der Waals surface area contributed by atoms with Gasteiger partial charge in [0.1, 0.15) is 0 Å². The third-order valence-electron chi connectivity index (χ3n) is 3.06. The first-order valence-corrected chi connectivity index (χ1v) is 5.68. The molecule has 2 nitrogen and oxygen atoms in total. The smallest absolute Gasteiger partial charge is 0.310 e. The Morgan fingerprint density at radius 3 is 2.25 bits per heavy atom. The van der Waals surface area contributed by atoms with Gasteiger partial charge in [0.05, 0.1) is 6.54 Å². The monoisotopic (exact) mass is 238 g/mol. The molecule has 0 bridgehead atoms. The van der Waals surface area contributed by atoms with Crippen molar-refractivity contribution in [2.45, 2.75) is 57.9 Å². The van der Waals surface area contributed by atoms with E-state index in [1.807, 2.05) is 27.7 Å². The summed E-state index contributed by atoms with van der Waals surface area (Å²) in [5.74, 6) is 0. The van der Waals surface area contributed by atoms with Gasteiger partial charge in [-0.3, -0.25) is 4.90 Å². The molecule has 1 unspecified atom stereocenters. The van der Waals surface area contributed by atoms with E-state index in [2.05, 4.69) is 5.32 Å². The Morgan fingerprint density at radius 1 is 1.38 bits per heavy atom. The lowest BCUT2D eigenvalue weighted by atomic mass is 10.00. The third kappa shape index (κ3) is 3.94.